The van der Waals surface area contributed by atoms with Crippen LogP contribution in [-0.2, 0) is 17.2 Å². The summed E-state index contributed by atoms with van der Waals surface area (Å²) in [5.41, 5.74) is 1.65. The molecule has 0 unspecified atom stereocenters. The summed E-state index contributed by atoms with van der Waals surface area (Å²) >= 11 is 5.99. The Morgan fingerprint density at radius 1 is 1.32 bits per heavy atom. The molecule has 2 aromatic rings. The van der Waals surface area contributed by atoms with Crippen molar-refractivity contribution in [2.75, 3.05) is 14.2 Å². The maximum Gasteiger partial charge on any atom is 0.124 e. The van der Waals surface area contributed by atoms with Gasteiger partial charge in [0.1, 0.15) is 11.6 Å². The number of fused-ring (bicyclic) bond motifs is 1. The number of alkyl halides is 1. The fraction of sp³-hybridized carbons (Fsp3) is 0.500. The van der Waals surface area contributed by atoms with Gasteiger partial charge in [0.25, 0.3) is 0 Å². The predicted molar refractivity (Wildman–Crippen MR) is 76.9 cm³/mol. The second-order valence-corrected chi connectivity index (χ2v) is 5.33. The second kappa shape index (κ2) is 5.39. The molecule has 0 fully saturated rings. The number of hydrogen-bond acceptors (Lipinski definition) is 3. The number of halogens is 1. The highest BCUT2D eigenvalue weighted by molar-refractivity contribution is 6.16. The van der Waals surface area contributed by atoms with Crippen molar-refractivity contribution in [3.63, 3.8) is 0 Å². The SMILES string of the molecule is COc1ccc2nc(CCl)n(CC(C)(C)OC)c2c1. The summed E-state index contributed by atoms with van der Waals surface area (Å²) in [6.07, 6.45) is 0. The average molecular weight is 283 g/mol. The van der Waals surface area contributed by atoms with E-state index in [1.54, 1.807) is 14.2 Å². The zero-order chi connectivity index (χ0) is 14.0. The van der Waals surface area contributed by atoms with E-state index in [2.05, 4.69) is 9.55 Å². The van der Waals surface area contributed by atoms with Crippen molar-refractivity contribution >= 4 is 22.6 Å². The molecule has 104 valence electrons. The first-order valence-corrected chi connectivity index (χ1v) is 6.68. The summed E-state index contributed by atoms with van der Waals surface area (Å²) in [6.45, 7) is 4.77. The smallest absolute Gasteiger partial charge is 0.124 e. The largest absolute Gasteiger partial charge is 0.497 e. The fourth-order valence-corrected chi connectivity index (χ4v) is 2.21. The summed E-state index contributed by atoms with van der Waals surface area (Å²) in [4.78, 5) is 4.54. The van der Waals surface area contributed by atoms with Crippen LogP contribution in [0.15, 0.2) is 18.2 Å². The summed E-state index contributed by atoms with van der Waals surface area (Å²) in [5.74, 6) is 2.02. The number of benzene rings is 1. The average Bonchev–Trinajstić information content (AvgIpc) is 2.75. The van der Waals surface area contributed by atoms with E-state index < -0.39 is 0 Å². The van der Waals surface area contributed by atoms with E-state index in [1.807, 2.05) is 32.0 Å². The first kappa shape index (κ1) is 14.2. The van der Waals surface area contributed by atoms with Gasteiger partial charge < -0.3 is 14.0 Å². The zero-order valence-corrected chi connectivity index (χ0v) is 12.5. The van der Waals surface area contributed by atoms with E-state index in [0.29, 0.717) is 12.4 Å². The number of ether oxygens (including phenoxy) is 2. The molecule has 1 aromatic heterocycles. The molecule has 0 spiro atoms. The van der Waals surface area contributed by atoms with E-state index in [4.69, 9.17) is 21.1 Å². The maximum absolute atomic E-state index is 5.99. The van der Waals surface area contributed by atoms with Gasteiger partial charge in [0.2, 0.25) is 0 Å². The molecule has 0 aliphatic carbocycles. The van der Waals surface area contributed by atoms with Crippen LogP contribution in [0.2, 0.25) is 0 Å². The quantitative estimate of drug-likeness (QED) is 0.790. The van der Waals surface area contributed by atoms with Crippen molar-refractivity contribution in [1.29, 1.82) is 0 Å². The van der Waals surface area contributed by atoms with Crippen molar-refractivity contribution in [3.8, 4) is 5.75 Å². The lowest BCUT2D eigenvalue weighted by atomic mass is 10.1. The van der Waals surface area contributed by atoms with Crippen LogP contribution in [0.5, 0.6) is 5.75 Å². The third-order valence-corrected chi connectivity index (χ3v) is 3.48. The van der Waals surface area contributed by atoms with Crippen molar-refractivity contribution in [2.24, 2.45) is 0 Å². The molecule has 0 saturated heterocycles. The minimum absolute atomic E-state index is 0.280. The van der Waals surface area contributed by atoms with Crippen molar-refractivity contribution in [1.82, 2.24) is 9.55 Å². The van der Waals surface area contributed by atoms with Crippen LogP contribution >= 0.6 is 11.6 Å². The summed E-state index contributed by atoms with van der Waals surface area (Å²) in [5, 5.41) is 0. The molecule has 0 N–H and O–H groups in total. The molecule has 0 radical (unpaired) electrons. The fourth-order valence-electron chi connectivity index (χ4n) is 2.00. The van der Waals surface area contributed by atoms with E-state index in [9.17, 15) is 0 Å². The third kappa shape index (κ3) is 2.85. The molecular formula is C14H19ClN2O2. The number of methoxy groups -OCH3 is 2. The Balaban J connectivity index is 2.55. The molecule has 5 heteroatoms. The molecule has 2 rings (SSSR count). The van der Waals surface area contributed by atoms with Crippen LogP contribution in [0.25, 0.3) is 11.0 Å². The minimum Gasteiger partial charge on any atom is -0.497 e. The van der Waals surface area contributed by atoms with Crippen LogP contribution in [0.4, 0.5) is 0 Å². The highest BCUT2D eigenvalue weighted by atomic mass is 35.5. The number of aromatic nitrogens is 2. The molecule has 1 heterocycles. The molecule has 19 heavy (non-hydrogen) atoms. The zero-order valence-electron chi connectivity index (χ0n) is 11.7. The van der Waals surface area contributed by atoms with Gasteiger partial charge in [-0.2, -0.15) is 0 Å². The van der Waals surface area contributed by atoms with E-state index in [1.165, 1.54) is 0 Å². The first-order chi connectivity index (χ1) is 9.00. The summed E-state index contributed by atoms with van der Waals surface area (Å²) in [7, 11) is 3.36. The van der Waals surface area contributed by atoms with E-state index in [0.717, 1.165) is 22.6 Å². The van der Waals surface area contributed by atoms with Crippen molar-refractivity contribution in [3.05, 3.63) is 24.0 Å². The third-order valence-electron chi connectivity index (χ3n) is 3.25. The van der Waals surface area contributed by atoms with Gasteiger partial charge in [0.15, 0.2) is 0 Å². The molecule has 0 saturated carbocycles. The molecule has 0 aliphatic heterocycles. The van der Waals surface area contributed by atoms with Gasteiger partial charge >= 0.3 is 0 Å². The van der Waals surface area contributed by atoms with Gasteiger partial charge in [0, 0.05) is 13.2 Å². The minimum atomic E-state index is -0.280. The first-order valence-electron chi connectivity index (χ1n) is 6.15. The molecule has 0 atom stereocenters. The van der Waals surface area contributed by atoms with Gasteiger partial charge in [-0.15, -0.1) is 11.6 Å². The number of nitrogens with zero attached hydrogens (tertiary/aromatic N) is 2. The van der Waals surface area contributed by atoms with Crippen LogP contribution in [0, 0.1) is 0 Å². The summed E-state index contributed by atoms with van der Waals surface area (Å²) in [6, 6.07) is 5.82. The molecule has 0 bridgehead atoms. The molecule has 4 nitrogen and oxygen atoms in total. The van der Waals surface area contributed by atoms with Crippen molar-refractivity contribution < 1.29 is 9.47 Å². The summed E-state index contributed by atoms with van der Waals surface area (Å²) < 4.78 is 12.9. The predicted octanol–water partition coefficient (Wildman–Crippen LogP) is 3.21. The van der Waals surface area contributed by atoms with Gasteiger partial charge in [0.05, 0.1) is 36.2 Å². The van der Waals surface area contributed by atoms with Crippen LogP contribution < -0.4 is 4.74 Å². The highest BCUT2D eigenvalue weighted by Gasteiger charge is 2.21. The maximum atomic E-state index is 5.99. The van der Waals surface area contributed by atoms with Gasteiger partial charge in [-0.3, -0.25) is 0 Å². The lowest BCUT2D eigenvalue weighted by Crippen LogP contribution is -2.29. The number of hydrogen-bond donors (Lipinski definition) is 0. The second-order valence-electron chi connectivity index (χ2n) is 5.07. The standard InChI is InChI=1S/C14H19ClN2O2/c1-14(2,19-4)9-17-12-7-10(18-3)5-6-11(12)16-13(17)8-15/h5-7H,8-9H2,1-4H3. The Hall–Kier alpha value is -1.26. The topological polar surface area (TPSA) is 36.3 Å². The van der Waals surface area contributed by atoms with Crippen LogP contribution in [0.1, 0.15) is 19.7 Å². The Bertz CT molecular complexity index is 578. The monoisotopic (exact) mass is 282 g/mol. The lowest BCUT2D eigenvalue weighted by Gasteiger charge is -2.24. The number of imidazole rings is 1. The Morgan fingerprint density at radius 3 is 2.63 bits per heavy atom. The van der Waals surface area contributed by atoms with Crippen molar-refractivity contribution in [2.45, 2.75) is 31.9 Å². The molecule has 0 amide bonds. The van der Waals surface area contributed by atoms with Crippen LogP contribution in [-0.4, -0.2) is 29.4 Å². The Kier molecular flexibility index (Phi) is 4.02. The molecule has 0 aliphatic rings. The van der Waals surface area contributed by atoms with E-state index in [-0.39, 0.29) is 5.60 Å². The molecule has 1 aromatic carbocycles. The Morgan fingerprint density at radius 2 is 2.05 bits per heavy atom. The highest BCUT2D eigenvalue weighted by Crippen LogP contribution is 2.25. The van der Waals surface area contributed by atoms with Crippen LogP contribution in [0.3, 0.4) is 0 Å². The Labute approximate surface area is 118 Å². The van der Waals surface area contributed by atoms with Gasteiger partial charge in [-0.25, -0.2) is 4.98 Å². The van der Waals surface area contributed by atoms with Gasteiger partial charge in [-0.05, 0) is 26.0 Å². The lowest BCUT2D eigenvalue weighted by molar-refractivity contribution is 0.00854. The number of rotatable bonds is 5. The molecular weight excluding hydrogens is 264 g/mol. The normalized spacial score (nSPS) is 12.1. The van der Waals surface area contributed by atoms with Gasteiger partial charge in [-0.1, -0.05) is 0 Å². The van der Waals surface area contributed by atoms with E-state index >= 15 is 0 Å².